The molecule has 1 aliphatic heterocycles. The Bertz CT molecular complexity index is 618. The molecule has 1 saturated heterocycles. The minimum Gasteiger partial charge on any atom is -0.393 e. The van der Waals surface area contributed by atoms with Crippen molar-refractivity contribution < 1.29 is 23.8 Å². The van der Waals surface area contributed by atoms with Crippen LogP contribution in [0.5, 0.6) is 0 Å². The fourth-order valence-electron chi connectivity index (χ4n) is 3.59. The second-order valence-corrected chi connectivity index (χ2v) is 7.81. The molecule has 0 spiro atoms. The predicted molar refractivity (Wildman–Crippen MR) is 108 cm³/mol. The van der Waals surface area contributed by atoms with Crippen molar-refractivity contribution in [1.82, 2.24) is 0 Å². The lowest BCUT2D eigenvalue weighted by Gasteiger charge is -2.26. The first-order valence-corrected chi connectivity index (χ1v) is 10.4. The van der Waals surface area contributed by atoms with Crippen molar-refractivity contribution in [3.05, 3.63) is 35.4 Å². The summed E-state index contributed by atoms with van der Waals surface area (Å²) in [7, 11) is 3.39. The number of rotatable bonds is 13. The average molecular weight is 391 g/mol. The largest absolute Gasteiger partial charge is 0.393 e. The Morgan fingerprint density at radius 1 is 0.929 bits per heavy atom. The first-order valence-electron chi connectivity index (χ1n) is 10.4. The van der Waals surface area contributed by atoms with Crippen LogP contribution in [-0.4, -0.2) is 31.9 Å². The van der Waals surface area contributed by atoms with E-state index in [0.717, 1.165) is 24.8 Å². The van der Waals surface area contributed by atoms with Crippen molar-refractivity contribution in [2.75, 3.05) is 14.2 Å². The van der Waals surface area contributed by atoms with Gasteiger partial charge in [-0.05, 0) is 37.3 Å². The Balaban J connectivity index is 1.54. The molecule has 1 atom stereocenters. The number of hydrogen-bond donors (Lipinski definition) is 0. The van der Waals surface area contributed by atoms with Gasteiger partial charge in [0.2, 0.25) is 0 Å². The van der Waals surface area contributed by atoms with E-state index in [1.165, 1.54) is 44.1 Å². The first-order chi connectivity index (χ1) is 13.5. The van der Waals surface area contributed by atoms with Gasteiger partial charge in [0.15, 0.2) is 5.79 Å². The summed E-state index contributed by atoms with van der Waals surface area (Å²) in [6.45, 7) is 1.98. The monoisotopic (exact) mass is 390 g/mol. The quantitative estimate of drug-likeness (QED) is 0.207. The number of benzene rings is 1. The molecule has 0 bridgehead atoms. The van der Waals surface area contributed by atoms with E-state index < -0.39 is 23.6 Å². The lowest BCUT2D eigenvalue weighted by molar-refractivity contribution is -0.197. The third-order valence-corrected chi connectivity index (χ3v) is 5.71. The van der Waals surface area contributed by atoms with E-state index >= 15 is 0 Å². The van der Waals surface area contributed by atoms with Crippen LogP contribution >= 0.6 is 0 Å². The topological polar surface area (TPSA) is 61.8 Å². The van der Waals surface area contributed by atoms with Crippen LogP contribution in [0.25, 0.3) is 0 Å². The van der Waals surface area contributed by atoms with Crippen molar-refractivity contribution in [2.45, 2.75) is 82.8 Å². The van der Waals surface area contributed by atoms with E-state index in [9.17, 15) is 9.59 Å². The van der Waals surface area contributed by atoms with E-state index in [1.54, 1.807) is 14.2 Å². The van der Waals surface area contributed by atoms with Gasteiger partial charge in [-0.15, -0.1) is 0 Å². The zero-order chi connectivity index (χ0) is 20.4. The molecule has 0 saturated carbocycles. The molecule has 0 N–H and O–H groups in total. The van der Waals surface area contributed by atoms with Crippen molar-refractivity contribution in [2.24, 2.45) is 0 Å². The molecule has 0 aromatic heterocycles. The van der Waals surface area contributed by atoms with Gasteiger partial charge in [0.1, 0.15) is 0 Å². The molecule has 156 valence electrons. The average Bonchev–Trinajstić information content (AvgIpc) is 3.05. The summed E-state index contributed by atoms with van der Waals surface area (Å²) < 4.78 is 15.4. The second-order valence-electron chi connectivity index (χ2n) is 7.81. The minimum absolute atomic E-state index is 0.161. The van der Waals surface area contributed by atoms with Crippen molar-refractivity contribution in [1.29, 1.82) is 0 Å². The molecule has 1 aromatic carbocycles. The molecule has 1 fully saturated rings. The van der Waals surface area contributed by atoms with Crippen LogP contribution in [0.1, 0.15) is 81.8 Å². The molecular weight excluding hydrogens is 356 g/mol. The Kier molecular flexibility index (Phi) is 9.13. The normalized spacial score (nSPS) is 17.2. The molecule has 5 heteroatoms. The Morgan fingerprint density at radius 3 is 2.04 bits per heavy atom. The number of unbranched alkanes of at least 4 members (excludes halogenated alkanes) is 6. The molecule has 2 rings (SSSR count). The highest BCUT2D eigenvalue weighted by Crippen LogP contribution is 2.27. The zero-order valence-electron chi connectivity index (χ0n) is 17.5. The maximum absolute atomic E-state index is 11.6. The van der Waals surface area contributed by atoms with Gasteiger partial charge in [0.25, 0.3) is 0 Å². The SMILES string of the molecule is COC(C)(CCCCCCCCCc1ccc(C2CC(=O)OC2=O)cc1)OC. The van der Waals surface area contributed by atoms with E-state index in [2.05, 4.69) is 16.9 Å². The number of hydrogen-bond acceptors (Lipinski definition) is 5. The smallest absolute Gasteiger partial charge is 0.321 e. The van der Waals surface area contributed by atoms with Gasteiger partial charge in [-0.1, -0.05) is 56.4 Å². The van der Waals surface area contributed by atoms with Gasteiger partial charge in [-0.25, -0.2) is 0 Å². The highest BCUT2D eigenvalue weighted by Gasteiger charge is 2.34. The fraction of sp³-hybridized carbons (Fsp3) is 0.652. The van der Waals surface area contributed by atoms with E-state index in [1.807, 2.05) is 19.1 Å². The number of carbonyl (C=O) groups is 2. The Morgan fingerprint density at radius 2 is 1.50 bits per heavy atom. The van der Waals surface area contributed by atoms with E-state index in [0.29, 0.717) is 0 Å². The fourth-order valence-corrected chi connectivity index (χ4v) is 3.59. The van der Waals surface area contributed by atoms with Crippen LogP contribution in [-0.2, 0) is 30.2 Å². The van der Waals surface area contributed by atoms with Crippen LogP contribution in [0, 0.1) is 0 Å². The van der Waals surface area contributed by atoms with Crippen LogP contribution < -0.4 is 0 Å². The number of cyclic esters (lactones) is 2. The summed E-state index contributed by atoms with van der Waals surface area (Å²) in [5.74, 6) is -1.71. The number of carbonyl (C=O) groups excluding carboxylic acids is 2. The molecule has 1 aliphatic rings. The van der Waals surface area contributed by atoms with Gasteiger partial charge in [-0.3, -0.25) is 9.59 Å². The highest BCUT2D eigenvalue weighted by atomic mass is 16.7. The summed E-state index contributed by atoms with van der Waals surface area (Å²) >= 11 is 0. The molecule has 1 heterocycles. The highest BCUT2D eigenvalue weighted by molar-refractivity contribution is 5.97. The van der Waals surface area contributed by atoms with E-state index in [-0.39, 0.29) is 6.42 Å². The third kappa shape index (κ3) is 7.02. The Labute approximate surface area is 168 Å². The molecular formula is C23H34O5. The first kappa shape index (κ1) is 22.6. The zero-order valence-corrected chi connectivity index (χ0v) is 17.5. The lowest BCUT2D eigenvalue weighted by atomic mass is 9.95. The number of aryl methyl sites for hydroxylation is 1. The van der Waals surface area contributed by atoms with Crippen LogP contribution in [0.15, 0.2) is 24.3 Å². The molecule has 1 aromatic rings. The molecule has 1 unspecified atom stereocenters. The summed E-state index contributed by atoms with van der Waals surface area (Å²) in [5.41, 5.74) is 2.15. The van der Waals surface area contributed by atoms with Gasteiger partial charge >= 0.3 is 11.9 Å². The summed E-state index contributed by atoms with van der Waals surface area (Å²) in [5, 5.41) is 0. The molecule has 0 aliphatic carbocycles. The minimum atomic E-state index is -0.441. The standard InChI is InChI=1S/C23H34O5/c1-23(26-2,27-3)16-10-8-6-4-5-7-9-11-18-12-14-19(15-13-18)20-17-21(24)28-22(20)25/h12-15,20H,4-11,16-17H2,1-3H3. The van der Waals surface area contributed by atoms with E-state index in [4.69, 9.17) is 9.47 Å². The summed E-state index contributed by atoms with van der Waals surface area (Å²) in [4.78, 5) is 22.8. The van der Waals surface area contributed by atoms with Crippen LogP contribution in [0.4, 0.5) is 0 Å². The van der Waals surface area contributed by atoms with Crippen molar-refractivity contribution in [3.8, 4) is 0 Å². The number of ether oxygens (including phenoxy) is 3. The Hall–Kier alpha value is -1.72. The molecule has 0 radical (unpaired) electrons. The number of methoxy groups -OCH3 is 2. The van der Waals surface area contributed by atoms with Gasteiger partial charge in [-0.2, -0.15) is 0 Å². The van der Waals surface area contributed by atoms with Crippen LogP contribution in [0.3, 0.4) is 0 Å². The van der Waals surface area contributed by atoms with Gasteiger partial charge < -0.3 is 14.2 Å². The van der Waals surface area contributed by atoms with Crippen LogP contribution in [0.2, 0.25) is 0 Å². The molecule has 0 amide bonds. The molecule has 5 nitrogen and oxygen atoms in total. The second kappa shape index (κ2) is 11.3. The number of esters is 2. The summed E-state index contributed by atoms with van der Waals surface area (Å²) in [6.07, 6.45) is 10.7. The molecule has 28 heavy (non-hydrogen) atoms. The van der Waals surface area contributed by atoms with Crippen molar-refractivity contribution >= 4 is 11.9 Å². The predicted octanol–water partition coefficient (Wildman–Crippen LogP) is 4.92. The van der Waals surface area contributed by atoms with Gasteiger partial charge in [0, 0.05) is 20.6 Å². The summed E-state index contributed by atoms with van der Waals surface area (Å²) in [6, 6.07) is 8.03. The third-order valence-electron chi connectivity index (χ3n) is 5.71. The van der Waals surface area contributed by atoms with Crippen molar-refractivity contribution in [3.63, 3.8) is 0 Å². The lowest BCUT2D eigenvalue weighted by Crippen LogP contribution is -2.29. The maximum atomic E-state index is 11.6. The maximum Gasteiger partial charge on any atom is 0.321 e. The van der Waals surface area contributed by atoms with Gasteiger partial charge in [0.05, 0.1) is 12.3 Å².